The number of nitrogens with one attached hydrogen (secondary N) is 1. The van der Waals surface area contributed by atoms with Gasteiger partial charge in [0.05, 0.1) is 0 Å². The lowest BCUT2D eigenvalue weighted by molar-refractivity contribution is -0.121. The van der Waals surface area contributed by atoms with Gasteiger partial charge < -0.3 is 15.5 Å². The van der Waals surface area contributed by atoms with E-state index < -0.39 is 0 Å². The zero-order valence-electron chi connectivity index (χ0n) is 37.5. The molecule has 0 bridgehead atoms. The number of phenolic OH excluding ortho intramolecular Hbond substituents is 2. The van der Waals surface area contributed by atoms with Gasteiger partial charge in [0.2, 0.25) is 5.91 Å². The first-order chi connectivity index (χ1) is 26.3. The first-order valence-electron chi connectivity index (χ1n) is 23.3. The molecule has 1 amide bonds. The third-order valence-corrected chi connectivity index (χ3v) is 12.0. The van der Waals surface area contributed by atoms with Gasteiger partial charge in [-0.3, -0.25) is 4.79 Å². The van der Waals surface area contributed by atoms with E-state index in [-0.39, 0.29) is 29.6 Å². The molecule has 0 saturated heterocycles. The number of carbonyl (C=O) groups is 1. The fourth-order valence-electron chi connectivity index (χ4n) is 8.24. The molecule has 0 aromatic heterocycles. The minimum atomic E-state index is 0.217. The molecule has 0 aliphatic rings. The second-order valence-electron chi connectivity index (χ2n) is 18.4. The largest absolute Gasteiger partial charge is 0.507 e. The summed E-state index contributed by atoms with van der Waals surface area (Å²) in [6, 6.07) is 8.95. The number of aryl methyl sites for hydroxylation is 2. The van der Waals surface area contributed by atoms with Crippen LogP contribution in [0.4, 0.5) is 0 Å². The monoisotopic (exact) mass is 762 g/mol. The molecule has 0 saturated carbocycles. The molecule has 3 N–H and O–H groups in total. The lowest BCUT2D eigenvalue weighted by Gasteiger charge is -2.21. The van der Waals surface area contributed by atoms with Crippen molar-refractivity contribution >= 4 is 5.91 Å². The minimum Gasteiger partial charge on any atom is -0.507 e. The van der Waals surface area contributed by atoms with E-state index >= 15 is 0 Å². The predicted molar refractivity (Wildman–Crippen MR) is 239 cm³/mol. The van der Waals surface area contributed by atoms with E-state index in [0.717, 1.165) is 80.2 Å². The zero-order chi connectivity index (χ0) is 40.6. The Morgan fingerprint density at radius 2 is 0.836 bits per heavy atom. The van der Waals surface area contributed by atoms with Crippen molar-refractivity contribution in [3.63, 3.8) is 0 Å². The highest BCUT2D eigenvalue weighted by molar-refractivity contribution is 5.75. The number of phenols is 2. The number of carbonyl (C=O) groups excluding carboxylic acids is 1. The number of aromatic hydroxyl groups is 2. The van der Waals surface area contributed by atoms with Crippen LogP contribution in [0.15, 0.2) is 24.3 Å². The topological polar surface area (TPSA) is 69.6 Å². The Kier molecular flexibility index (Phi) is 24.8. The molecule has 4 heteroatoms. The Balaban J connectivity index is 1.82. The second-order valence-corrected chi connectivity index (χ2v) is 18.4. The molecule has 55 heavy (non-hydrogen) atoms. The molecule has 0 radical (unpaired) electrons. The van der Waals surface area contributed by atoms with Crippen molar-refractivity contribution in [2.24, 2.45) is 5.92 Å². The van der Waals surface area contributed by atoms with Gasteiger partial charge in [-0.05, 0) is 101 Å². The van der Waals surface area contributed by atoms with E-state index in [1.807, 2.05) is 0 Å². The summed E-state index contributed by atoms with van der Waals surface area (Å²) in [4.78, 5) is 12.6. The van der Waals surface area contributed by atoms with Crippen molar-refractivity contribution in [3.05, 3.63) is 57.6 Å². The average molecular weight is 762 g/mol. The van der Waals surface area contributed by atoms with Gasteiger partial charge in [0.15, 0.2) is 0 Å². The van der Waals surface area contributed by atoms with Crippen LogP contribution >= 0.6 is 0 Å². The van der Waals surface area contributed by atoms with Crippen LogP contribution in [0.25, 0.3) is 0 Å². The molecule has 2 aromatic rings. The molecule has 4 nitrogen and oxygen atoms in total. The zero-order valence-corrected chi connectivity index (χ0v) is 37.5. The van der Waals surface area contributed by atoms with E-state index in [2.05, 4.69) is 91.9 Å². The first kappa shape index (κ1) is 48.7. The maximum absolute atomic E-state index is 12.6. The molecule has 0 heterocycles. The summed E-state index contributed by atoms with van der Waals surface area (Å²) in [6.07, 6.45) is 28.3. The quantitative estimate of drug-likeness (QED) is 0.0670. The summed E-state index contributed by atoms with van der Waals surface area (Å²) >= 11 is 0. The van der Waals surface area contributed by atoms with E-state index in [1.54, 1.807) is 0 Å². The molecule has 0 fully saturated rings. The van der Waals surface area contributed by atoms with Gasteiger partial charge in [-0.2, -0.15) is 0 Å². The number of benzene rings is 2. The molecule has 2 aromatic carbocycles. The molecule has 0 unspecified atom stereocenters. The van der Waals surface area contributed by atoms with Gasteiger partial charge >= 0.3 is 0 Å². The lowest BCUT2D eigenvalue weighted by Crippen LogP contribution is -2.24. The first-order valence-corrected chi connectivity index (χ1v) is 23.3. The Labute approximate surface area is 340 Å². The van der Waals surface area contributed by atoms with Gasteiger partial charge in [-0.15, -0.1) is 0 Å². The summed E-state index contributed by atoms with van der Waals surface area (Å²) in [5.41, 5.74) is 6.90. The third kappa shape index (κ3) is 19.5. The summed E-state index contributed by atoms with van der Waals surface area (Å²) in [7, 11) is 0. The average Bonchev–Trinajstić information content (AvgIpc) is 3.14. The fraction of sp³-hybridized carbons (Fsp3) is 0.745. The Morgan fingerprint density at radius 3 is 1.18 bits per heavy atom. The SMILES string of the molecule is CCCCCCCCCCCCCCCCCC(=O)NCCCCC(CCc1cc(C(C)C)c(O)c(C(C)C)c1)CCc1cc(C(C)C)c(O)c(C(C)C)c1. The van der Waals surface area contributed by atoms with Gasteiger partial charge in [-0.1, -0.05) is 189 Å². The smallest absolute Gasteiger partial charge is 0.219 e. The van der Waals surface area contributed by atoms with Crippen LogP contribution in [0.5, 0.6) is 11.5 Å². The van der Waals surface area contributed by atoms with Crippen molar-refractivity contribution in [2.75, 3.05) is 6.54 Å². The van der Waals surface area contributed by atoms with Crippen molar-refractivity contribution < 1.29 is 15.0 Å². The third-order valence-electron chi connectivity index (χ3n) is 12.0. The van der Waals surface area contributed by atoms with Crippen LogP contribution in [-0.2, 0) is 17.6 Å². The van der Waals surface area contributed by atoms with Crippen LogP contribution in [0.2, 0.25) is 0 Å². The van der Waals surface area contributed by atoms with Gasteiger partial charge in [-0.25, -0.2) is 0 Å². The van der Waals surface area contributed by atoms with Gasteiger partial charge in [0, 0.05) is 13.0 Å². The van der Waals surface area contributed by atoms with E-state index in [4.69, 9.17) is 0 Å². The predicted octanol–water partition coefficient (Wildman–Crippen LogP) is 15.3. The molecular formula is C51H87NO3. The second kappa shape index (κ2) is 28.0. The number of amides is 1. The summed E-state index contributed by atoms with van der Waals surface area (Å²) in [5, 5.41) is 25.2. The number of rotatable bonds is 31. The molecule has 0 atom stereocenters. The van der Waals surface area contributed by atoms with Crippen LogP contribution in [0.3, 0.4) is 0 Å². The normalized spacial score (nSPS) is 12.0. The maximum atomic E-state index is 12.6. The van der Waals surface area contributed by atoms with Crippen molar-refractivity contribution in [3.8, 4) is 11.5 Å². The highest BCUT2D eigenvalue weighted by Gasteiger charge is 2.19. The van der Waals surface area contributed by atoms with E-state index in [0.29, 0.717) is 23.8 Å². The Hall–Kier alpha value is -2.49. The molecule has 314 valence electrons. The molecular weight excluding hydrogens is 675 g/mol. The summed E-state index contributed by atoms with van der Waals surface area (Å²) in [5.74, 6) is 2.85. The fourth-order valence-corrected chi connectivity index (χ4v) is 8.24. The number of hydrogen-bond donors (Lipinski definition) is 3. The Morgan fingerprint density at radius 1 is 0.491 bits per heavy atom. The molecule has 0 aliphatic heterocycles. The Bertz CT molecular complexity index is 1190. The minimum absolute atomic E-state index is 0.217. The summed E-state index contributed by atoms with van der Waals surface area (Å²) in [6.45, 7) is 20.4. The standard InChI is InChI=1S/C51H87NO3/c1-10-11-12-13-14-15-16-17-18-19-20-21-22-23-24-28-49(53)52-33-26-25-27-42(29-31-43-34-45(38(2)3)50(54)46(35-43)39(4)5)30-32-44-36-47(40(6)7)51(55)48(37-44)41(8)9/h34-42,54-55H,10-33H2,1-9H3,(H,52,53). The highest BCUT2D eigenvalue weighted by Crippen LogP contribution is 2.37. The van der Waals surface area contributed by atoms with Crippen molar-refractivity contribution in [1.82, 2.24) is 5.32 Å². The van der Waals surface area contributed by atoms with Crippen LogP contribution in [0.1, 0.15) is 254 Å². The van der Waals surface area contributed by atoms with Gasteiger partial charge in [0.1, 0.15) is 11.5 Å². The molecule has 0 aliphatic carbocycles. The van der Waals surface area contributed by atoms with Crippen molar-refractivity contribution in [2.45, 2.75) is 234 Å². The highest BCUT2D eigenvalue weighted by atomic mass is 16.3. The van der Waals surface area contributed by atoms with Crippen molar-refractivity contribution in [1.29, 1.82) is 0 Å². The van der Waals surface area contributed by atoms with Crippen LogP contribution in [-0.4, -0.2) is 22.7 Å². The number of unbranched alkanes of at least 4 members (excludes halogenated alkanes) is 15. The van der Waals surface area contributed by atoms with Crippen LogP contribution in [0, 0.1) is 5.92 Å². The molecule has 0 spiro atoms. The van der Waals surface area contributed by atoms with Gasteiger partial charge in [0.25, 0.3) is 0 Å². The molecule has 2 rings (SSSR count). The maximum Gasteiger partial charge on any atom is 0.219 e. The summed E-state index contributed by atoms with van der Waals surface area (Å²) < 4.78 is 0. The van der Waals surface area contributed by atoms with E-state index in [9.17, 15) is 15.0 Å². The van der Waals surface area contributed by atoms with E-state index in [1.165, 1.54) is 101 Å². The van der Waals surface area contributed by atoms with Crippen LogP contribution < -0.4 is 5.32 Å². The number of hydrogen-bond acceptors (Lipinski definition) is 3. The lowest BCUT2D eigenvalue weighted by atomic mass is 9.85.